The summed E-state index contributed by atoms with van der Waals surface area (Å²) < 4.78 is 35.6. The molecule has 9 heteroatoms. The third kappa shape index (κ3) is 6.48. The van der Waals surface area contributed by atoms with Crippen molar-refractivity contribution in [3.05, 3.63) is 5.82 Å². The van der Waals surface area contributed by atoms with Crippen LogP contribution in [0, 0.1) is 0 Å². The van der Waals surface area contributed by atoms with Gasteiger partial charge in [0.1, 0.15) is 5.82 Å². The van der Waals surface area contributed by atoms with Crippen LogP contribution in [0.2, 0.25) is 0 Å². The van der Waals surface area contributed by atoms with Gasteiger partial charge in [0.15, 0.2) is 0 Å². The summed E-state index contributed by atoms with van der Waals surface area (Å²) in [4.78, 5) is 11.3. The fourth-order valence-corrected chi connectivity index (χ4v) is 2.08. The number of hydrogen-bond acceptors (Lipinski definition) is 6. The molecule has 0 saturated heterocycles. The lowest BCUT2D eigenvalue weighted by molar-refractivity contribution is -0.135. The van der Waals surface area contributed by atoms with Gasteiger partial charge in [0, 0.05) is 6.42 Å². The zero-order chi connectivity index (χ0) is 13.6. The van der Waals surface area contributed by atoms with Crippen LogP contribution in [0.25, 0.3) is 0 Å². The zero-order valence-electron chi connectivity index (χ0n) is 9.57. The van der Waals surface area contributed by atoms with Crippen LogP contribution in [0.3, 0.4) is 0 Å². The summed E-state index contributed by atoms with van der Waals surface area (Å²) in [7, 11) is 0. The molecule has 0 aliphatic heterocycles. The first kappa shape index (κ1) is 14.8. The summed E-state index contributed by atoms with van der Waals surface area (Å²) >= 11 is 1.44. The Balaban J connectivity index is 2.18. The van der Waals surface area contributed by atoms with E-state index < -0.39 is 12.6 Å². The van der Waals surface area contributed by atoms with E-state index in [1.54, 1.807) is 0 Å². The molecule has 0 fully saturated rings. The molecule has 1 aromatic heterocycles. The number of nitrogen functional groups attached to an aromatic ring is 2. The largest absolute Gasteiger partial charge is 0.389 e. The lowest BCUT2D eigenvalue weighted by Crippen LogP contribution is -2.07. The zero-order valence-corrected chi connectivity index (χ0v) is 10.4. The van der Waals surface area contributed by atoms with Gasteiger partial charge in [0.05, 0.1) is 5.75 Å². The summed E-state index contributed by atoms with van der Waals surface area (Å²) in [5.41, 5.74) is 10.8. The molecule has 1 heterocycles. The van der Waals surface area contributed by atoms with E-state index in [1.165, 1.54) is 11.8 Å². The second kappa shape index (κ2) is 6.62. The highest BCUT2D eigenvalue weighted by Crippen LogP contribution is 2.23. The van der Waals surface area contributed by atoms with Crippen LogP contribution in [0.15, 0.2) is 0 Å². The first-order valence-electron chi connectivity index (χ1n) is 5.27. The van der Waals surface area contributed by atoms with Gasteiger partial charge in [0.25, 0.3) is 0 Å². The van der Waals surface area contributed by atoms with Gasteiger partial charge < -0.3 is 11.5 Å². The van der Waals surface area contributed by atoms with Gasteiger partial charge in [-0.3, -0.25) is 0 Å². The maximum absolute atomic E-state index is 11.9. The highest BCUT2D eigenvalue weighted by Gasteiger charge is 2.25. The number of anilines is 2. The highest BCUT2D eigenvalue weighted by atomic mass is 32.2. The number of halogens is 3. The molecule has 0 unspecified atom stereocenters. The monoisotopic (exact) mass is 281 g/mol. The molecule has 0 bridgehead atoms. The number of nitrogens with zero attached hydrogens (tertiary/aromatic N) is 3. The minimum Gasteiger partial charge on any atom is -0.368 e. The number of rotatable bonds is 6. The van der Waals surface area contributed by atoms with E-state index in [0.29, 0.717) is 23.8 Å². The molecule has 0 aliphatic rings. The van der Waals surface area contributed by atoms with Crippen LogP contribution in [-0.2, 0) is 5.75 Å². The highest BCUT2D eigenvalue weighted by molar-refractivity contribution is 7.98. The molecule has 0 atom stereocenters. The maximum Gasteiger partial charge on any atom is 0.389 e. The van der Waals surface area contributed by atoms with Crippen LogP contribution < -0.4 is 11.5 Å². The molecule has 102 valence electrons. The Kier molecular flexibility index (Phi) is 5.45. The Morgan fingerprint density at radius 3 is 2.17 bits per heavy atom. The Labute approximate surface area is 107 Å². The van der Waals surface area contributed by atoms with Crippen molar-refractivity contribution < 1.29 is 13.2 Å². The summed E-state index contributed by atoms with van der Waals surface area (Å²) in [6, 6.07) is 0. The second-order valence-electron chi connectivity index (χ2n) is 3.59. The molecule has 4 N–H and O–H groups in total. The molecule has 0 aliphatic carbocycles. The number of hydrogen-bond donors (Lipinski definition) is 2. The molecule has 0 spiro atoms. The Morgan fingerprint density at radius 2 is 1.61 bits per heavy atom. The van der Waals surface area contributed by atoms with Crippen LogP contribution in [0.4, 0.5) is 25.1 Å². The third-order valence-electron chi connectivity index (χ3n) is 1.95. The molecule has 18 heavy (non-hydrogen) atoms. The maximum atomic E-state index is 11.9. The van der Waals surface area contributed by atoms with Crippen molar-refractivity contribution in [3.63, 3.8) is 0 Å². The lowest BCUT2D eigenvalue weighted by atomic mass is 10.2. The smallest absolute Gasteiger partial charge is 0.368 e. The third-order valence-corrected chi connectivity index (χ3v) is 2.99. The normalized spacial score (nSPS) is 11.7. The minimum absolute atomic E-state index is 0.0511. The van der Waals surface area contributed by atoms with Gasteiger partial charge in [-0.2, -0.15) is 39.9 Å². The number of nitrogens with two attached hydrogens (primary N) is 2. The van der Waals surface area contributed by atoms with E-state index in [4.69, 9.17) is 11.5 Å². The number of thioether (sulfide) groups is 1. The van der Waals surface area contributed by atoms with E-state index in [9.17, 15) is 13.2 Å². The fourth-order valence-electron chi connectivity index (χ4n) is 1.21. The van der Waals surface area contributed by atoms with Crippen LogP contribution in [-0.4, -0.2) is 26.9 Å². The van der Waals surface area contributed by atoms with E-state index >= 15 is 0 Å². The SMILES string of the molecule is Nc1nc(N)nc(CSCCCCC(F)(F)F)n1. The standard InChI is InChI=1S/C9H14F3N5S/c10-9(11,12)3-1-2-4-18-5-6-15-7(13)17-8(14)16-6/h1-5H2,(H4,13,14,15,16,17). The van der Waals surface area contributed by atoms with Gasteiger partial charge in [-0.1, -0.05) is 0 Å². The summed E-state index contributed by atoms with van der Waals surface area (Å²) in [5, 5.41) is 0. The van der Waals surface area contributed by atoms with Crippen molar-refractivity contribution >= 4 is 23.7 Å². The average molecular weight is 281 g/mol. The molecule has 5 nitrogen and oxygen atoms in total. The van der Waals surface area contributed by atoms with Crippen molar-refractivity contribution in [2.24, 2.45) is 0 Å². The van der Waals surface area contributed by atoms with Crippen LogP contribution >= 0.6 is 11.8 Å². The van der Waals surface area contributed by atoms with Gasteiger partial charge in [-0.15, -0.1) is 0 Å². The Morgan fingerprint density at radius 1 is 1.00 bits per heavy atom. The van der Waals surface area contributed by atoms with Crippen molar-refractivity contribution in [3.8, 4) is 0 Å². The first-order valence-corrected chi connectivity index (χ1v) is 6.43. The molecule has 0 saturated carbocycles. The van der Waals surface area contributed by atoms with E-state index in [1.807, 2.05) is 0 Å². The molecule has 0 amide bonds. The fraction of sp³-hybridized carbons (Fsp3) is 0.667. The Bertz CT molecular complexity index is 365. The van der Waals surface area contributed by atoms with E-state index in [0.717, 1.165) is 0 Å². The molecular formula is C9H14F3N5S. The number of unbranched alkanes of at least 4 members (excludes halogenated alkanes) is 1. The molecular weight excluding hydrogens is 267 g/mol. The van der Waals surface area contributed by atoms with Crippen LogP contribution in [0.1, 0.15) is 25.1 Å². The van der Waals surface area contributed by atoms with Crippen molar-refractivity contribution in [2.75, 3.05) is 17.2 Å². The molecule has 0 radical (unpaired) electrons. The van der Waals surface area contributed by atoms with Gasteiger partial charge in [-0.25, -0.2) is 0 Å². The quantitative estimate of drug-likeness (QED) is 0.775. The van der Waals surface area contributed by atoms with E-state index in [-0.39, 0.29) is 18.3 Å². The first-order chi connectivity index (χ1) is 8.37. The molecule has 1 rings (SSSR count). The predicted molar refractivity (Wildman–Crippen MR) is 64.7 cm³/mol. The molecule has 0 aromatic carbocycles. The van der Waals surface area contributed by atoms with E-state index in [2.05, 4.69) is 15.0 Å². The van der Waals surface area contributed by atoms with Crippen molar-refractivity contribution in [1.29, 1.82) is 0 Å². The topological polar surface area (TPSA) is 90.7 Å². The van der Waals surface area contributed by atoms with Gasteiger partial charge >= 0.3 is 6.18 Å². The summed E-state index contributed by atoms with van der Waals surface area (Å²) in [5.74, 6) is 1.62. The van der Waals surface area contributed by atoms with Crippen molar-refractivity contribution in [1.82, 2.24) is 15.0 Å². The summed E-state index contributed by atoms with van der Waals surface area (Å²) in [6.45, 7) is 0. The predicted octanol–water partition coefficient (Wildman–Crippen LogP) is 2.00. The van der Waals surface area contributed by atoms with Gasteiger partial charge in [0.2, 0.25) is 11.9 Å². The van der Waals surface area contributed by atoms with Crippen molar-refractivity contribution in [2.45, 2.75) is 31.2 Å². The van der Waals surface area contributed by atoms with Crippen LogP contribution in [0.5, 0.6) is 0 Å². The van der Waals surface area contributed by atoms with Gasteiger partial charge in [-0.05, 0) is 18.6 Å². The number of alkyl halides is 3. The average Bonchev–Trinajstić information content (AvgIpc) is 2.20. The Hall–Kier alpha value is -1.25. The second-order valence-corrected chi connectivity index (χ2v) is 4.70. The number of aromatic nitrogens is 3. The molecule has 1 aromatic rings. The lowest BCUT2D eigenvalue weighted by Gasteiger charge is -2.05. The summed E-state index contributed by atoms with van der Waals surface area (Å²) in [6.07, 6.45) is -4.17. The minimum atomic E-state index is -4.07.